The molecule has 1 saturated carbocycles. The van der Waals surface area contributed by atoms with Crippen molar-refractivity contribution in [2.24, 2.45) is 0 Å². The molecule has 4 nitrogen and oxygen atoms in total. The van der Waals surface area contributed by atoms with Crippen LogP contribution < -0.4 is 5.32 Å². The Morgan fingerprint density at radius 2 is 2.05 bits per heavy atom. The lowest BCUT2D eigenvalue weighted by molar-refractivity contribution is 0.325. The molecule has 3 rings (SSSR count). The van der Waals surface area contributed by atoms with Gasteiger partial charge in [0.05, 0.1) is 5.92 Å². The van der Waals surface area contributed by atoms with E-state index in [2.05, 4.69) is 53.6 Å². The highest BCUT2D eigenvalue weighted by atomic mass is 16.5. The molecule has 4 heteroatoms. The summed E-state index contributed by atoms with van der Waals surface area (Å²) >= 11 is 0. The van der Waals surface area contributed by atoms with Crippen LogP contribution in [-0.4, -0.2) is 16.7 Å². The second kappa shape index (κ2) is 5.75. The number of likely N-dealkylation sites (N-methyl/N-ethyl adjacent to an activating group) is 1. The molecule has 1 aromatic heterocycles. The molecule has 0 saturated heterocycles. The van der Waals surface area contributed by atoms with E-state index < -0.39 is 0 Å². The quantitative estimate of drug-likeness (QED) is 0.874. The molecule has 1 aliphatic rings. The maximum atomic E-state index is 5.48. The van der Waals surface area contributed by atoms with Crippen molar-refractivity contribution in [1.29, 1.82) is 0 Å². The van der Waals surface area contributed by atoms with Crippen LogP contribution >= 0.6 is 0 Å². The molecule has 20 heavy (non-hydrogen) atoms. The van der Waals surface area contributed by atoms with Crippen LogP contribution in [0, 0.1) is 0 Å². The zero-order valence-corrected chi connectivity index (χ0v) is 12.0. The Balaban J connectivity index is 1.82. The van der Waals surface area contributed by atoms with Crippen molar-refractivity contribution in [3.63, 3.8) is 0 Å². The lowest BCUT2D eigenvalue weighted by Crippen LogP contribution is -2.25. The van der Waals surface area contributed by atoms with E-state index in [1.807, 2.05) is 6.07 Å². The molecule has 0 aliphatic heterocycles. The fourth-order valence-electron chi connectivity index (χ4n) is 2.55. The minimum absolute atomic E-state index is 0.164. The Bertz CT molecular complexity index is 548. The van der Waals surface area contributed by atoms with E-state index in [0.29, 0.717) is 5.92 Å². The molecule has 1 N–H and O–H groups in total. The predicted molar refractivity (Wildman–Crippen MR) is 77.5 cm³/mol. The van der Waals surface area contributed by atoms with Gasteiger partial charge in [0.1, 0.15) is 0 Å². The highest BCUT2D eigenvalue weighted by Gasteiger charge is 2.31. The van der Waals surface area contributed by atoms with E-state index in [-0.39, 0.29) is 12.0 Å². The first-order valence-electron chi connectivity index (χ1n) is 7.41. The van der Waals surface area contributed by atoms with Crippen molar-refractivity contribution >= 4 is 0 Å². The van der Waals surface area contributed by atoms with E-state index in [4.69, 9.17) is 4.52 Å². The van der Waals surface area contributed by atoms with Gasteiger partial charge in [0.25, 0.3) is 0 Å². The van der Waals surface area contributed by atoms with Gasteiger partial charge < -0.3 is 9.84 Å². The standard InChI is InChI=1S/C16H21N3O/c1-3-17-14(12-7-5-4-6-8-12)11(2)16-18-15(19-20-16)13-9-10-13/h4-8,11,13-14,17H,3,9-10H2,1-2H3. The van der Waals surface area contributed by atoms with Crippen molar-refractivity contribution in [1.82, 2.24) is 15.5 Å². The number of benzene rings is 1. The largest absolute Gasteiger partial charge is 0.339 e. The summed E-state index contributed by atoms with van der Waals surface area (Å²) in [4.78, 5) is 4.58. The third kappa shape index (κ3) is 2.75. The smallest absolute Gasteiger partial charge is 0.231 e. The minimum atomic E-state index is 0.164. The van der Waals surface area contributed by atoms with Crippen LogP contribution in [-0.2, 0) is 0 Å². The number of nitrogens with zero attached hydrogens (tertiary/aromatic N) is 2. The first-order valence-corrected chi connectivity index (χ1v) is 7.41. The molecule has 1 aromatic carbocycles. The van der Waals surface area contributed by atoms with Crippen LogP contribution in [0.5, 0.6) is 0 Å². The third-order valence-corrected chi connectivity index (χ3v) is 3.87. The molecule has 2 atom stereocenters. The van der Waals surface area contributed by atoms with Gasteiger partial charge in [-0.3, -0.25) is 0 Å². The average Bonchev–Trinajstić information content (AvgIpc) is 3.22. The molecule has 0 bridgehead atoms. The monoisotopic (exact) mass is 271 g/mol. The molecular weight excluding hydrogens is 250 g/mol. The Hall–Kier alpha value is -1.68. The van der Waals surface area contributed by atoms with Gasteiger partial charge in [0.15, 0.2) is 5.82 Å². The molecule has 0 radical (unpaired) electrons. The van der Waals surface area contributed by atoms with E-state index in [1.54, 1.807) is 0 Å². The molecular formula is C16H21N3O. The SMILES string of the molecule is CCNC(c1ccccc1)C(C)c1nc(C2CC2)no1. The molecule has 1 fully saturated rings. The number of hydrogen-bond donors (Lipinski definition) is 1. The fourth-order valence-corrected chi connectivity index (χ4v) is 2.55. The summed E-state index contributed by atoms with van der Waals surface area (Å²) in [6.45, 7) is 5.17. The Morgan fingerprint density at radius 3 is 2.70 bits per heavy atom. The van der Waals surface area contributed by atoms with Gasteiger partial charge in [-0.15, -0.1) is 0 Å². The van der Waals surface area contributed by atoms with Crippen LogP contribution in [0.3, 0.4) is 0 Å². The number of rotatable bonds is 6. The number of nitrogens with one attached hydrogen (secondary N) is 1. The van der Waals surface area contributed by atoms with Crippen molar-refractivity contribution in [3.05, 3.63) is 47.6 Å². The van der Waals surface area contributed by atoms with E-state index in [1.165, 1.54) is 18.4 Å². The zero-order chi connectivity index (χ0) is 13.9. The normalized spacial score (nSPS) is 17.9. The summed E-state index contributed by atoms with van der Waals surface area (Å²) < 4.78 is 5.48. The van der Waals surface area contributed by atoms with Gasteiger partial charge in [-0.05, 0) is 24.9 Å². The fraction of sp³-hybridized carbons (Fsp3) is 0.500. The minimum Gasteiger partial charge on any atom is -0.339 e. The second-order valence-corrected chi connectivity index (χ2v) is 5.50. The first kappa shape index (κ1) is 13.3. The first-order chi connectivity index (χ1) is 9.79. The van der Waals surface area contributed by atoms with Gasteiger partial charge in [-0.25, -0.2) is 0 Å². The Labute approximate surface area is 119 Å². The second-order valence-electron chi connectivity index (χ2n) is 5.50. The average molecular weight is 271 g/mol. The molecule has 2 unspecified atom stereocenters. The van der Waals surface area contributed by atoms with Crippen molar-refractivity contribution in [2.45, 2.75) is 44.6 Å². The maximum absolute atomic E-state index is 5.48. The zero-order valence-electron chi connectivity index (χ0n) is 12.0. The lowest BCUT2D eigenvalue weighted by atomic mass is 9.94. The van der Waals surface area contributed by atoms with Gasteiger partial charge in [-0.1, -0.05) is 49.3 Å². The van der Waals surface area contributed by atoms with Crippen LogP contribution in [0.15, 0.2) is 34.9 Å². The molecule has 106 valence electrons. The third-order valence-electron chi connectivity index (χ3n) is 3.87. The van der Waals surface area contributed by atoms with Crippen molar-refractivity contribution < 1.29 is 4.52 Å². The van der Waals surface area contributed by atoms with E-state index in [0.717, 1.165) is 18.3 Å². The summed E-state index contributed by atoms with van der Waals surface area (Å²) in [5, 5.41) is 7.65. The van der Waals surface area contributed by atoms with Crippen molar-refractivity contribution in [2.75, 3.05) is 6.54 Å². The summed E-state index contributed by atoms with van der Waals surface area (Å²) in [5.74, 6) is 2.32. The molecule has 0 amide bonds. The topological polar surface area (TPSA) is 51.0 Å². The van der Waals surface area contributed by atoms with Gasteiger partial charge >= 0.3 is 0 Å². The summed E-state index contributed by atoms with van der Waals surface area (Å²) in [6.07, 6.45) is 2.39. The highest BCUT2D eigenvalue weighted by Crippen LogP contribution is 2.39. The van der Waals surface area contributed by atoms with Gasteiger partial charge in [-0.2, -0.15) is 4.98 Å². The maximum Gasteiger partial charge on any atom is 0.231 e. The van der Waals surface area contributed by atoms with E-state index in [9.17, 15) is 0 Å². The van der Waals surface area contributed by atoms with Crippen LogP contribution in [0.25, 0.3) is 0 Å². The molecule has 2 aromatic rings. The van der Waals surface area contributed by atoms with Gasteiger partial charge in [0.2, 0.25) is 5.89 Å². The molecule has 0 spiro atoms. The molecule has 1 aliphatic carbocycles. The predicted octanol–water partition coefficient (Wildman–Crippen LogP) is 3.40. The summed E-state index contributed by atoms with van der Waals surface area (Å²) in [5.41, 5.74) is 1.26. The Kier molecular flexibility index (Phi) is 3.83. The van der Waals surface area contributed by atoms with Crippen LogP contribution in [0.1, 0.15) is 61.8 Å². The number of aromatic nitrogens is 2. The van der Waals surface area contributed by atoms with Crippen LogP contribution in [0.2, 0.25) is 0 Å². The molecule has 1 heterocycles. The van der Waals surface area contributed by atoms with E-state index >= 15 is 0 Å². The van der Waals surface area contributed by atoms with Crippen LogP contribution in [0.4, 0.5) is 0 Å². The van der Waals surface area contributed by atoms with Crippen molar-refractivity contribution in [3.8, 4) is 0 Å². The highest BCUT2D eigenvalue weighted by molar-refractivity contribution is 5.22. The summed E-state index contributed by atoms with van der Waals surface area (Å²) in [6, 6.07) is 10.7. The lowest BCUT2D eigenvalue weighted by Gasteiger charge is -2.22. The Morgan fingerprint density at radius 1 is 1.30 bits per heavy atom. The van der Waals surface area contributed by atoms with Gasteiger partial charge in [0, 0.05) is 12.0 Å². The number of hydrogen-bond acceptors (Lipinski definition) is 4. The summed E-state index contributed by atoms with van der Waals surface area (Å²) in [7, 11) is 0.